The number of aromatic nitrogens is 3. The number of anilines is 1. The molecule has 1 aromatic carbocycles. The van der Waals surface area contributed by atoms with Gasteiger partial charge in [-0.3, -0.25) is 19.3 Å². The van der Waals surface area contributed by atoms with Gasteiger partial charge in [-0.2, -0.15) is 5.10 Å². The lowest BCUT2D eigenvalue weighted by molar-refractivity contribution is -0.121. The van der Waals surface area contributed by atoms with Crippen LogP contribution in [-0.2, 0) is 22.7 Å². The molecule has 2 aromatic heterocycles. The molecule has 3 aromatic rings. The van der Waals surface area contributed by atoms with E-state index in [0.717, 1.165) is 10.4 Å². The van der Waals surface area contributed by atoms with Gasteiger partial charge >= 0.3 is 0 Å². The summed E-state index contributed by atoms with van der Waals surface area (Å²) in [6.07, 6.45) is 0. The van der Waals surface area contributed by atoms with Gasteiger partial charge in [-0.1, -0.05) is 18.2 Å². The van der Waals surface area contributed by atoms with Gasteiger partial charge in [-0.25, -0.2) is 0 Å². The minimum atomic E-state index is -0.176. The van der Waals surface area contributed by atoms with Crippen LogP contribution in [0, 0.1) is 4.77 Å². The molecule has 0 saturated heterocycles. The number of nitrogens with one attached hydrogen (secondary N) is 3. The van der Waals surface area contributed by atoms with Gasteiger partial charge in [0, 0.05) is 19.2 Å². The van der Waals surface area contributed by atoms with Gasteiger partial charge in [0.15, 0.2) is 10.6 Å². The van der Waals surface area contributed by atoms with Crippen LogP contribution in [0.15, 0.2) is 41.8 Å². The molecule has 0 bridgehead atoms. The molecule has 0 radical (unpaired) electrons. The number of amides is 2. The lowest BCUT2D eigenvalue weighted by Gasteiger charge is -2.09. The molecule has 0 aliphatic carbocycles. The SMILES string of the molecule is CC(=O)Nc1cccc(CNC(=O)Cn2c(-c3cccs3)n[nH]c2=S)c1. The number of carbonyl (C=O) groups is 2. The summed E-state index contributed by atoms with van der Waals surface area (Å²) < 4.78 is 2.07. The number of rotatable bonds is 6. The van der Waals surface area contributed by atoms with Crippen molar-refractivity contribution >= 4 is 41.1 Å². The molecule has 0 spiro atoms. The third-order valence-electron chi connectivity index (χ3n) is 3.54. The number of H-pyrrole nitrogens is 1. The molecule has 9 heteroatoms. The topological polar surface area (TPSA) is 91.8 Å². The number of nitrogens with zero attached hydrogens (tertiary/aromatic N) is 2. The number of carbonyl (C=O) groups excluding carboxylic acids is 2. The number of aromatic amines is 1. The van der Waals surface area contributed by atoms with E-state index in [0.29, 0.717) is 22.8 Å². The van der Waals surface area contributed by atoms with Gasteiger partial charge in [0.2, 0.25) is 11.8 Å². The van der Waals surface area contributed by atoms with Crippen molar-refractivity contribution in [3.05, 3.63) is 52.1 Å². The van der Waals surface area contributed by atoms with E-state index in [1.807, 2.05) is 35.7 Å². The monoisotopic (exact) mass is 387 g/mol. The molecule has 2 amide bonds. The van der Waals surface area contributed by atoms with Crippen molar-refractivity contribution in [1.82, 2.24) is 20.1 Å². The van der Waals surface area contributed by atoms with Crippen LogP contribution in [0.25, 0.3) is 10.7 Å². The van der Waals surface area contributed by atoms with Crippen LogP contribution in [0.5, 0.6) is 0 Å². The van der Waals surface area contributed by atoms with Crippen molar-refractivity contribution < 1.29 is 9.59 Å². The van der Waals surface area contributed by atoms with Gasteiger partial charge in [-0.15, -0.1) is 11.3 Å². The maximum absolute atomic E-state index is 12.3. The maximum Gasteiger partial charge on any atom is 0.240 e. The van der Waals surface area contributed by atoms with Gasteiger partial charge in [-0.05, 0) is 41.4 Å². The van der Waals surface area contributed by atoms with Gasteiger partial charge < -0.3 is 10.6 Å². The largest absolute Gasteiger partial charge is 0.350 e. The molecule has 3 rings (SSSR count). The Morgan fingerprint density at radius 3 is 2.88 bits per heavy atom. The second-order valence-corrected chi connectivity index (χ2v) is 6.91. The Morgan fingerprint density at radius 1 is 1.31 bits per heavy atom. The third-order valence-corrected chi connectivity index (χ3v) is 4.72. The van der Waals surface area contributed by atoms with E-state index in [2.05, 4.69) is 20.8 Å². The highest BCUT2D eigenvalue weighted by Crippen LogP contribution is 2.22. The van der Waals surface area contributed by atoms with E-state index >= 15 is 0 Å². The molecule has 26 heavy (non-hydrogen) atoms. The minimum Gasteiger partial charge on any atom is -0.350 e. The Hall–Kier alpha value is -2.78. The molecule has 7 nitrogen and oxygen atoms in total. The third kappa shape index (κ3) is 4.44. The number of hydrogen-bond acceptors (Lipinski definition) is 5. The van der Waals surface area contributed by atoms with Crippen molar-refractivity contribution in [2.45, 2.75) is 20.0 Å². The van der Waals surface area contributed by atoms with Crippen molar-refractivity contribution in [2.24, 2.45) is 0 Å². The van der Waals surface area contributed by atoms with Crippen LogP contribution in [0.4, 0.5) is 5.69 Å². The first-order chi connectivity index (χ1) is 12.5. The summed E-state index contributed by atoms with van der Waals surface area (Å²) in [6, 6.07) is 11.2. The lowest BCUT2D eigenvalue weighted by atomic mass is 10.2. The molecule has 0 aliphatic rings. The Labute approximate surface area is 159 Å². The first kappa shape index (κ1) is 18.0. The van der Waals surface area contributed by atoms with E-state index in [-0.39, 0.29) is 18.4 Å². The molecule has 0 fully saturated rings. The van der Waals surface area contributed by atoms with E-state index in [9.17, 15) is 9.59 Å². The number of benzene rings is 1. The molecule has 3 N–H and O–H groups in total. The Balaban J connectivity index is 1.65. The number of hydrogen-bond donors (Lipinski definition) is 3. The van der Waals surface area contributed by atoms with Gasteiger partial charge in [0.05, 0.1) is 4.88 Å². The van der Waals surface area contributed by atoms with E-state index < -0.39 is 0 Å². The summed E-state index contributed by atoms with van der Waals surface area (Å²) in [7, 11) is 0. The molecular weight excluding hydrogens is 370 g/mol. The van der Waals surface area contributed by atoms with Crippen LogP contribution in [0.3, 0.4) is 0 Å². The van der Waals surface area contributed by atoms with Gasteiger partial charge in [0.25, 0.3) is 0 Å². The molecular formula is C17H17N5O2S2. The predicted octanol–water partition coefficient (Wildman–Crippen LogP) is 2.94. The van der Waals surface area contributed by atoms with Crippen molar-refractivity contribution in [2.75, 3.05) is 5.32 Å². The average molecular weight is 387 g/mol. The standard InChI is InChI=1S/C17H17N5O2S2/c1-11(23)19-13-5-2-4-12(8-13)9-18-15(24)10-22-16(20-21-17(22)25)14-6-3-7-26-14/h2-8H,9-10H2,1H3,(H,18,24)(H,19,23)(H,21,25). The highest BCUT2D eigenvalue weighted by molar-refractivity contribution is 7.71. The molecule has 0 saturated carbocycles. The number of thiophene rings is 1. The summed E-state index contributed by atoms with van der Waals surface area (Å²) in [5.41, 5.74) is 1.58. The second kappa shape index (κ2) is 8.07. The fourth-order valence-corrected chi connectivity index (χ4v) is 3.34. The van der Waals surface area contributed by atoms with Crippen LogP contribution >= 0.6 is 23.6 Å². The smallest absolute Gasteiger partial charge is 0.240 e. The zero-order valence-corrected chi connectivity index (χ0v) is 15.6. The van der Waals surface area contributed by atoms with E-state index in [1.165, 1.54) is 18.3 Å². The second-order valence-electron chi connectivity index (χ2n) is 5.57. The lowest BCUT2D eigenvalue weighted by Crippen LogP contribution is -2.27. The van der Waals surface area contributed by atoms with Crippen molar-refractivity contribution in [3.63, 3.8) is 0 Å². The van der Waals surface area contributed by atoms with Crippen LogP contribution < -0.4 is 10.6 Å². The molecule has 0 aliphatic heterocycles. The fraction of sp³-hybridized carbons (Fsp3) is 0.176. The zero-order valence-electron chi connectivity index (χ0n) is 14.0. The zero-order chi connectivity index (χ0) is 18.5. The highest BCUT2D eigenvalue weighted by atomic mass is 32.1. The minimum absolute atomic E-state index is 0.0773. The summed E-state index contributed by atoms with van der Waals surface area (Å²) >= 11 is 6.76. The molecule has 2 heterocycles. The summed E-state index contributed by atoms with van der Waals surface area (Å²) in [5, 5.41) is 14.5. The average Bonchev–Trinajstić information content (AvgIpc) is 3.23. The molecule has 134 valence electrons. The van der Waals surface area contributed by atoms with Crippen molar-refractivity contribution in [3.8, 4) is 10.7 Å². The summed E-state index contributed by atoms with van der Waals surface area (Å²) in [5.74, 6) is 0.333. The van der Waals surface area contributed by atoms with Crippen LogP contribution in [0.2, 0.25) is 0 Å². The highest BCUT2D eigenvalue weighted by Gasteiger charge is 2.13. The Bertz CT molecular complexity index is 975. The normalized spacial score (nSPS) is 10.5. The first-order valence-electron chi connectivity index (χ1n) is 7.85. The van der Waals surface area contributed by atoms with Gasteiger partial charge in [0.1, 0.15) is 6.54 Å². The first-order valence-corrected chi connectivity index (χ1v) is 9.14. The summed E-state index contributed by atoms with van der Waals surface area (Å²) in [6.45, 7) is 1.88. The van der Waals surface area contributed by atoms with E-state index in [4.69, 9.17) is 12.2 Å². The predicted molar refractivity (Wildman–Crippen MR) is 103 cm³/mol. The van der Waals surface area contributed by atoms with Crippen LogP contribution in [0.1, 0.15) is 12.5 Å². The fourth-order valence-electron chi connectivity index (χ4n) is 2.42. The maximum atomic E-state index is 12.3. The van der Waals surface area contributed by atoms with Crippen LogP contribution in [-0.4, -0.2) is 26.6 Å². The quantitative estimate of drug-likeness (QED) is 0.567. The Morgan fingerprint density at radius 2 is 2.15 bits per heavy atom. The molecule has 0 unspecified atom stereocenters. The molecule has 0 atom stereocenters. The summed E-state index contributed by atoms with van der Waals surface area (Å²) in [4.78, 5) is 24.4. The Kier molecular flexibility index (Phi) is 5.59. The van der Waals surface area contributed by atoms with E-state index in [1.54, 1.807) is 10.6 Å². The van der Waals surface area contributed by atoms with Crippen molar-refractivity contribution in [1.29, 1.82) is 0 Å².